The fourth-order valence-corrected chi connectivity index (χ4v) is 1.21. The SMILES string of the molecule is COc1cccc(NCCOC(N)=O)c1N. The molecule has 6 heteroatoms. The molecule has 0 saturated carbocycles. The predicted octanol–water partition coefficient (Wildman–Crippen LogP) is 0.785. The van der Waals surface area contributed by atoms with Gasteiger partial charge >= 0.3 is 6.09 Å². The maximum absolute atomic E-state index is 10.3. The molecule has 1 rings (SSSR count). The molecule has 0 bridgehead atoms. The van der Waals surface area contributed by atoms with Gasteiger partial charge in [-0.05, 0) is 12.1 Å². The molecule has 0 fully saturated rings. The molecule has 0 spiro atoms. The third kappa shape index (κ3) is 3.23. The lowest BCUT2D eigenvalue weighted by Crippen LogP contribution is -2.18. The Bertz CT molecular complexity index is 368. The molecule has 0 aliphatic carbocycles. The molecule has 0 aliphatic heterocycles. The van der Waals surface area contributed by atoms with Gasteiger partial charge < -0.3 is 26.3 Å². The van der Waals surface area contributed by atoms with Crippen molar-refractivity contribution >= 4 is 17.5 Å². The molecular formula is C10H15N3O3. The molecule has 5 N–H and O–H groups in total. The average molecular weight is 225 g/mol. The van der Waals surface area contributed by atoms with E-state index < -0.39 is 6.09 Å². The zero-order chi connectivity index (χ0) is 12.0. The molecular weight excluding hydrogens is 210 g/mol. The van der Waals surface area contributed by atoms with Crippen molar-refractivity contribution in [3.63, 3.8) is 0 Å². The van der Waals surface area contributed by atoms with Crippen LogP contribution in [0.5, 0.6) is 5.75 Å². The van der Waals surface area contributed by atoms with Gasteiger partial charge in [0, 0.05) is 6.54 Å². The van der Waals surface area contributed by atoms with Crippen LogP contribution in [0.3, 0.4) is 0 Å². The smallest absolute Gasteiger partial charge is 0.404 e. The zero-order valence-corrected chi connectivity index (χ0v) is 9.03. The van der Waals surface area contributed by atoms with E-state index in [1.54, 1.807) is 13.2 Å². The molecule has 0 unspecified atom stereocenters. The average Bonchev–Trinajstić information content (AvgIpc) is 2.26. The lowest BCUT2D eigenvalue weighted by Gasteiger charge is -2.11. The Morgan fingerprint density at radius 3 is 2.88 bits per heavy atom. The molecule has 0 aliphatic rings. The zero-order valence-electron chi connectivity index (χ0n) is 9.03. The highest BCUT2D eigenvalue weighted by molar-refractivity contribution is 5.72. The van der Waals surface area contributed by atoms with Gasteiger partial charge in [-0.15, -0.1) is 0 Å². The van der Waals surface area contributed by atoms with Crippen LogP contribution in [0.1, 0.15) is 0 Å². The third-order valence-corrected chi connectivity index (χ3v) is 1.95. The van der Waals surface area contributed by atoms with Crippen LogP contribution >= 0.6 is 0 Å². The number of anilines is 2. The highest BCUT2D eigenvalue weighted by Gasteiger charge is 2.04. The summed E-state index contributed by atoms with van der Waals surface area (Å²) in [6.45, 7) is 0.617. The third-order valence-electron chi connectivity index (χ3n) is 1.95. The van der Waals surface area contributed by atoms with Gasteiger partial charge in [-0.25, -0.2) is 4.79 Å². The van der Waals surface area contributed by atoms with Gasteiger partial charge in [0.15, 0.2) is 0 Å². The van der Waals surface area contributed by atoms with Crippen LogP contribution < -0.4 is 21.5 Å². The highest BCUT2D eigenvalue weighted by Crippen LogP contribution is 2.28. The van der Waals surface area contributed by atoms with E-state index >= 15 is 0 Å². The number of nitrogens with two attached hydrogens (primary N) is 2. The molecule has 0 aromatic heterocycles. The van der Waals surface area contributed by atoms with Crippen LogP contribution in [-0.2, 0) is 4.74 Å². The number of hydrogen-bond acceptors (Lipinski definition) is 5. The Morgan fingerprint density at radius 1 is 1.50 bits per heavy atom. The number of methoxy groups -OCH3 is 1. The molecule has 1 aromatic carbocycles. The lowest BCUT2D eigenvalue weighted by atomic mass is 10.2. The summed E-state index contributed by atoms with van der Waals surface area (Å²) < 4.78 is 9.62. The number of nitrogens with one attached hydrogen (secondary N) is 1. The van der Waals surface area contributed by atoms with Crippen molar-refractivity contribution < 1.29 is 14.3 Å². The first-order valence-corrected chi connectivity index (χ1v) is 4.73. The maximum atomic E-state index is 10.3. The molecule has 88 valence electrons. The van der Waals surface area contributed by atoms with Crippen LogP contribution in [0.4, 0.5) is 16.2 Å². The van der Waals surface area contributed by atoms with Gasteiger partial charge in [0.05, 0.1) is 18.5 Å². The molecule has 0 atom stereocenters. The van der Waals surface area contributed by atoms with Crippen molar-refractivity contribution in [2.45, 2.75) is 0 Å². The summed E-state index contributed by atoms with van der Waals surface area (Å²) in [5.74, 6) is 0.598. The minimum atomic E-state index is -0.791. The number of nitrogen functional groups attached to an aromatic ring is 1. The van der Waals surface area contributed by atoms with E-state index in [0.29, 0.717) is 18.0 Å². The molecule has 16 heavy (non-hydrogen) atoms. The predicted molar refractivity (Wildman–Crippen MR) is 61.4 cm³/mol. The van der Waals surface area contributed by atoms with Gasteiger partial charge in [-0.1, -0.05) is 6.07 Å². The van der Waals surface area contributed by atoms with E-state index in [2.05, 4.69) is 10.1 Å². The molecule has 0 radical (unpaired) electrons. The fourth-order valence-electron chi connectivity index (χ4n) is 1.21. The van der Waals surface area contributed by atoms with Crippen LogP contribution in [0.15, 0.2) is 18.2 Å². The summed E-state index contributed by atoms with van der Waals surface area (Å²) in [4.78, 5) is 10.3. The van der Waals surface area contributed by atoms with E-state index in [9.17, 15) is 4.79 Å². The maximum Gasteiger partial charge on any atom is 0.404 e. The van der Waals surface area contributed by atoms with Gasteiger partial charge in [0.1, 0.15) is 12.4 Å². The molecule has 1 aromatic rings. The van der Waals surface area contributed by atoms with Crippen molar-refractivity contribution in [1.29, 1.82) is 0 Å². The fraction of sp³-hybridized carbons (Fsp3) is 0.300. The summed E-state index contributed by atoms with van der Waals surface area (Å²) >= 11 is 0. The Balaban J connectivity index is 2.50. The second-order valence-corrected chi connectivity index (χ2v) is 3.02. The quantitative estimate of drug-likeness (QED) is 0.508. The minimum Gasteiger partial charge on any atom is -0.495 e. The van der Waals surface area contributed by atoms with E-state index in [1.807, 2.05) is 12.1 Å². The van der Waals surface area contributed by atoms with Gasteiger partial charge in [-0.2, -0.15) is 0 Å². The number of carbonyl (C=O) groups excluding carboxylic acids is 1. The summed E-state index contributed by atoms with van der Waals surface area (Å²) in [5, 5.41) is 3.01. The van der Waals surface area contributed by atoms with Crippen molar-refractivity contribution in [2.24, 2.45) is 5.73 Å². The number of benzene rings is 1. The van der Waals surface area contributed by atoms with Crippen molar-refractivity contribution in [2.75, 3.05) is 31.3 Å². The summed E-state index contributed by atoms with van der Waals surface area (Å²) in [7, 11) is 1.55. The number of ether oxygens (including phenoxy) is 2. The van der Waals surface area contributed by atoms with Crippen LogP contribution in [0, 0.1) is 0 Å². The first-order valence-electron chi connectivity index (χ1n) is 4.73. The summed E-state index contributed by atoms with van der Waals surface area (Å²) in [6.07, 6.45) is -0.791. The Labute approximate surface area is 93.5 Å². The van der Waals surface area contributed by atoms with Gasteiger partial charge in [-0.3, -0.25) is 0 Å². The first kappa shape index (κ1) is 12.0. The number of primary amides is 1. The van der Waals surface area contributed by atoms with E-state index in [-0.39, 0.29) is 6.61 Å². The second-order valence-electron chi connectivity index (χ2n) is 3.02. The minimum absolute atomic E-state index is 0.186. The van der Waals surface area contributed by atoms with Crippen LogP contribution in [0.25, 0.3) is 0 Å². The number of para-hydroxylation sites is 1. The lowest BCUT2D eigenvalue weighted by molar-refractivity contribution is 0.161. The van der Waals surface area contributed by atoms with Crippen molar-refractivity contribution in [3.8, 4) is 5.75 Å². The molecule has 0 heterocycles. The molecule has 6 nitrogen and oxygen atoms in total. The summed E-state index contributed by atoms with van der Waals surface area (Å²) in [6, 6.07) is 5.38. The number of amides is 1. The molecule has 0 saturated heterocycles. The standard InChI is InChI=1S/C10H15N3O3/c1-15-8-4-2-3-7(9(8)11)13-5-6-16-10(12)14/h2-4,13H,5-6,11H2,1H3,(H2,12,14). The number of carbonyl (C=O) groups is 1. The van der Waals surface area contributed by atoms with E-state index in [0.717, 1.165) is 5.69 Å². The first-order chi connectivity index (χ1) is 7.65. The Hall–Kier alpha value is -2.11. The van der Waals surface area contributed by atoms with E-state index in [1.165, 1.54) is 0 Å². The highest BCUT2D eigenvalue weighted by atomic mass is 16.5. The van der Waals surface area contributed by atoms with Crippen LogP contribution in [-0.4, -0.2) is 26.4 Å². The normalized spacial score (nSPS) is 9.56. The second kappa shape index (κ2) is 5.69. The summed E-state index contributed by atoms with van der Waals surface area (Å²) in [5.41, 5.74) is 11.9. The van der Waals surface area contributed by atoms with Crippen LogP contribution in [0.2, 0.25) is 0 Å². The van der Waals surface area contributed by atoms with E-state index in [4.69, 9.17) is 16.2 Å². The van der Waals surface area contributed by atoms with Crippen molar-refractivity contribution in [1.82, 2.24) is 0 Å². The largest absolute Gasteiger partial charge is 0.495 e. The molecule has 1 amide bonds. The van der Waals surface area contributed by atoms with Gasteiger partial charge in [0.2, 0.25) is 0 Å². The number of hydrogen-bond donors (Lipinski definition) is 3. The topological polar surface area (TPSA) is 99.6 Å². The Kier molecular flexibility index (Phi) is 4.26. The Morgan fingerprint density at radius 2 is 2.25 bits per heavy atom. The van der Waals surface area contributed by atoms with Gasteiger partial charge in [0.25, 0.3) is 0 Å². The van der Waals surface area contributed by atoms with Crippen molar-refractivity contribution in [3.05, 3.63) is 18.2 Å². The number of rotatable bonds is 5. The monoisotopic (exact) mass is 225 g/mol.